The summed E-state index contributed by atoms with van der Waals surface area (Å²) in [7, 11) is -2.59. The molecule has 4 heterocycles. The Labute approximate surface area is 254 Å². The van der Waals surface area contributed by atoms with Gasteiger partial charge in [-0.05, 0) is 74.4 Å². The van der Waals surface area contributed by atoms with Crippen molar-refractivity contribution in [1.29, 1.82) is 0 Å². The molecule has 0 bridgehead atoms. The van der Waals surface area contributed by atoms with Gasteiger partial charge in [-0.1, -0.05) is 5.57 Å². The van der Waals surface area contributed by atoms with Crippen LogP contribution in [0.5, 0.6) is 0 Å². The average Bonchev–Trinajstić information content (AvgIpc) is 3.59. The number of halogens is 4. The molecule has 4 aromatic rings. The average molecular weight is 643 g/mol. The van der Waals surface area contributed by atoms with Crippen LogP contribution in [0.4, 0.5) is 17.6 Å². The Morgan fingerprint density at radius 3 is 2.53 bits per heavy atom. The lowest BCUT2D eigenvalue weighted by Crippen LogP contribution is -2.51. The third-order valence-electron chi connectivity index (χ3n) is 8.70. The topological polar surface area (TPSA) is 129 Å². The molecule has 3 aliphatic carbocycles. The predicted octanol–water partition coefficient (Wildman–Crippen LogP) is 4.16. The molecular weight excluding hydrogens is 616 g/mol. The van der Waals surface area contributed by atoms with Crippen LogP contribution in [0.1, 0.15) is 59.4 Å². The maximum atomic E-state index is 14.5. The molecule has 7 rings (SSSR count). The highest BCUT2D eigenvalue weighted by Gasteiger charge is 2.54. The minimum absolute atomic E-state index is 0.0148. The molecule has 0 spiro atoms. The molecule has 0 unspecified atom stereocenters. The van der Waals surface area contributed by atoms with Crippen LogP contribution in [0.3, 0.4) is 0 Å². The zero-order chi connectivity index (χ0) is 31.7. The van der Waals surface area contributed by atoms with Crippen molar-refractivity contribution >= 4 is 21.9 Å². The number of pyridine rings is 2. The van der Waals surface area contributed by atoms with Gasteiger partial charge in [0.05, 0.1) is 34.8 Å². The third-order valence-corrected chi connectivity index (χ3v) is 10.5. The summed E-state index contributed by atoms with van der Waals surface area (Å²) in [5.74, 6) is -1.29. The van der Waals surface area contributed by atoms with Crippen LogP contribution in [-0.4, -0.2) is 65.1 Å². The minimum atomic E-state index is -4.69. The van der Waals surface area contributed by atoms with Gasteiger partial charge in [0.2, 0.25) is 5.95 Å². The molecule has 0 amide bonds. The van der Waals surface area contributed by atoms with E-state index in [-0.39, 0.29) is 36.2 Å². The van der Waals surface area contributed by atoms with E-state index in [1.165, 1.54) is 33.6 Å². The Morgan fingerprint density at radius 1 is 1.07 bits per heavy atom. The Kier molecular flexibility index (Phi) is 6.78. The van der Waals surface area contributed by atoms with Gasteiger partial charge in [-0.15, -0.1) is 5.10 Å². The molecule has 16 heteroatoms. The first kappa shape index (κ1) is 29.4. The summed E-state index contributed by atoms with van der Waals surface area (Å²) in [6.45, 7) is 0. The first-order valence-corrected chi connectivity index (χ1v) is 15.7. The fourth-order valence-corrected chi connectivity index (χ4v) is 8.30. The molecule has 2 saturated carbocycles. The largest absolute Gasteiger partial charge is 0.416 e. The molecule has 4 aromatic heterocycles. The number of aryl methyl sites for hydroxylation is 1. The van der Waals surface area contributed by atoms with Crippen molar-refractivity contribution in [1.82, 2.24) is 38.8 Å². The Hall–Kier alpha value is -4.31. The van der Waals surface area contributed by atoms with Crippen molar-refractivity contribution in [2.24, 2.45) is 12.5 Å². The van der Waals surface area contributed by atoms with Crippen LogP contribution in [0.2, 0.25) is 0 Å². The number of hydrogen-bond donors (Lipinski definition) is 0. The van der Waals surface area contributed by atoms with E-state index in [4.69, 9.17) is 0 Å². The van der Waals surface area contributed by atoms with Gasteiger partial charge in [0.15, 0.2) is 5.78 Å². The number of nitrogens with zero attached hydrogens (tertiary/aromatic N) is 8. The van der Waals surface area contributed by atoms with Crippen molar-refractivity contribution < 1.29 is 30.8 Å². The minimum Gasteiger partial charge on any atom is -0.291 e. The highest BCUT2D eigenvalue weighted by atomic mass is 32.2. The molecule has 0 N–H and O–H groups in total. The molecule has 2 fully saturated rings. The summed E-state index contributed by atoms with van der Waals surface area (Å²) >= 11 is 0. The van der Waals surface area contributed by atoms with Gasteiger partial charge in [-0.3, -0.25) is 14.5 Å². The van der Waals surface area contributed by atoms with Crippen LogP contribution in [-0.2, 0) is 29.7 Å². The number of fused-ring (bicyclic) bond motifs is 2. The lowest BCUT2D eigenvalue weighted by atomic mass is 9.60. The van der Waals surface area contributed by atoms with E-state index in [2.05, 4.69) is 25.1 Å². The number of carbonyl (C=O) groups excluding carboxylic acids is 1. The number of sulfonamides is 1. The van der Waals surface area contributed by atoms with E-state index in [0.29, 0.717) is 41.8 Å². The molecule has 3 aliphatic rings. The summed E-state index contributed by atoms with van der Waals surface area (Å²) in [6.07, 6.45) is 4.19. The highest BCUT2D eigenvalue weighted by Crippen LogP contribution is 2.52. The van der Waals surface area contributed by atoms with E-state index in [1.54, 1.807) is 24.0 Å². The van der Waals surface area contributed by atoms with E-state index < -0.39 is 45.0 Å². The van der Waals surface area contributed by atoms with Gasteiger partial charge in [0.25, 0.3) is 15.2 Å². The third kappa shape index (κ3) is 5.05. The number of carbonyl (C=O) groups is 1. The first-order chi connectivity index (χ1) is 21.4. The van der Waals surface area contributed by atoms with E-state index in [1.807, 2.05) is 0 Å². The number of allylic oxidation sites excluding steroid dienone is 1. The molecule has 0 saturated heterocycles. The second-order valence-electron chi connectivity index (χ2n) is 11.7. The normalized spacial score (nSPS) is 21.7. The number of alkyl halides is 3. The lowest BCUT2D eigenvalue weighted by molar-refractivity contribution is -0.137. The molecule has 0 aliphatic heterocycles. The Bertz CT molecular complexity index is 1950. The van der Waals surface area contributed by atoms with Gasteiger partial charge in [-0.2, -0.15) is 27.0 Å². The maximum absolute atomic E-state index is 14.5. The molecule has 0 aromatic carbocycles. The second kappa shape index (κ2) is 10.4. The summed E-state index contributed by atoms with van der Waals surface area (Å²) in [4.78, 5) is 26.2. The maximum Gasteiger partial charge on any atom is 0.416 e. The van der Waals surface area contributed by atoms with Gasteiger partial charge in [-0.25, -0.2) is 23.1 Å². The molecule has 45 heavy (non-hydrogen) atoms. The fraction of sp³-hybridized carbons (Fsp3) is 0.379. The molecule has 11 nitrogen and oxygen atoms in total. The van der Waals surface area contributed by atoms with E-state index >= 15 is 0 Å². The van der Waals surface area contributed by atoms with Gasteiger partial charge >= 0.3 is 6.18 Å². The molecule has 234 valence electrons. The fourth-order valence-electron chi connectivity index (χ4n) is 6.53. The van der Waals surface area contributed by atoms with Crippen molar-refractivity contribution in [3.8, 4) is 5.69 Å². The Morgan fingerprint density at radius 2 is 1.87 bits per heavy atom. The summed E-state index contributed by atoms with van der Waals surface area (Å²) < 4.78 is 86.5. The highest BCUT2D eigenvalue weighted by molar-refractivity contribution is 7.89. The number of Topliss-reactive ketones (excluding diaryl/α,β-unsaturated/α-hetero) is 1. The molecular formula is C29H26F4N8O3S. The van der Waals surface area contributed by atoms with Crippen LogP contribution < -0.4 is 0 Å². The van der Waals surface area contributed by atoms with Crippen LogP contribution >= 0.6 is 0 Å². The van der Waals surface area contributed by atoms with Crippen molar-refractivity contribution in [3.05, 3.63) is 83.2 Å². The van der Waals surface area contributed by atoms with Crippen molar-refractivity contribution in [2.75, 3.05) is 0 Å². The van der Waals surface area contributed by atoms with E-state index in [9.17, 15) is 30.8 Å². The smallest absolute Gasteiger partial charge is 0.291 e. The second-order valence-corrected chi connectivity index (χ2v) is 13.4. The Balaban J connectivity index is 1.33. The summed E-state index contributed by atoms with van der Waals surface area (Å²) in [6, 6.07) is 3.29. The number of rotatable bonds is 7. The zero-order valence-corrected chi connectivity index (χ0v) is 24.6. The van der Waals surface area contributed by atoms with Gasteiger partial charge in [0, 0.05) is 25.3 Å². The van der Waals surface area contributed by atoms with Crippen molar-refractivity contribution in [2.45, 2.75) is 61.9 Å². The SMILES string of the molecule is Cn1cnc(S(=O)(=O)N(C2CC2)[C@H]2CCC3=Cc4c(cnn4-c4ccc(F)nc4)C[C@]3(C(=O)c3cc(C(F)(F)F)ccn3)C2)n1. The zero-order valence-electron chi connectivity index (χ0n) is 23.8. The number of aromatic nitrogens is 7. The van der Waals surface area contributed by atoms with E-state index in [0.717, 1.165) is 18.3 Å². The summed E-state index contributed by atoms with van der Waals surface area (Å²) in [5.41, 5.74) is -0.402. The lowest BCUT2D eigenvalue weighted by Gasteiger charge is -2.46. The van der Waals surface area contributed by atoms with Crippen LogP contribution in [0.25, 0.3) is 11.8 Å². The monoisotopic (exact) mass is 642 g/mol. The van der Waals surface area contributed by atoms with Crippen LogP contribution in [0, 0.1) is 11.4 Å². The first-order valence-electron chi connectivity index (χ1n) is 14.2. The number of hydrogen-bond acceptors (Lipinski definition) is 8. The van der Waals surface area contributed by atoms with Crippen LogP contribution in [0.15, 0.2) is 59.9 Å². The molecule has 0 radical (unpaired) electrons. The number of ketones is 1. The quantitative estimate of drug-likeness (QED) is 0.167. The van der Waals surface area contributed by atoms with Gasteiger partial charge in [0.1, 0.15) is 12.0 Å². The predicted molar refractivity (Wildman–Crippen MR) is 150 cm³/mol. The summed E-state index contributed by atoms with van der Waals surface area (Å²) in [5, 5.41) is 8.13. The van der Waals surface area contributed by atoms with Crippen molar-refractivity contribution in [3.63, 3.8) is 0 Å². The van der Waals surface area contributed by atoms with Gasteiger partial charge < -0.3 is 0 Å². The standard InChI is InChI=1S/C29H26F4N8O3S/c1-39-16-36-27(38-39)45(43,44)41(20-4-5-20)21-3-2-18-11-24-17(14-37-40(24)22-6-7-25(30)35-15-22)12-28(18,13-21)26(42)23-10-19(8-9-34-23)29(31,32)33/h6-11,14-16,20-21H,2-5,12-13H2,1H3/t21-,28-/m0/s1. The molecule has 2 atom stereocenters.